The Morgan fingerprint density at radius 3 is 1.86 bits per heavy atom. The van der Waals surface area contributed by atoms with Gasteiger partial charge in [0, 0.05) is 0 Å². The maximum Gasteiger partial charge on any atom is 0.364 e. The predicted octanol–water partition coefficient (Wildman–Crippen LogP) is 2.01. The van der Waals surface area contributed by atoms with Crippen molar-refractivity contribution in [1.82, 2.24) is 0 Å². The maximum absolute atomic E-state index is 9.09. The van der Waals surface area contributed by atoms with E-state index in [0.717, 1.165) is 0 Å². The zero-order valence-electron chi connectivity index (χ0n) is 2.90. The molecule has 0 spiro atoms. The van der Waals surface area contributed by atoms with Gasteiger partial charge in [0.05, 0.1) is 0 Å². The van der Waals surface area contributed by atoms with Gasteiger partial charge in [-0.25, -0.2) is 0 Å². The average molecular weight is 164 g/mol. The third-order valence-electron chi connectivity index (χ3n) is 0.141. The summed E-state index contributed by atoms with van der Waals surface area (Å²) in [6.07, 6.45) is 0. The second-order valence-corrected chi connectivity index (χ2v) is 2.79. The number of nitrogens with zero attached hydrogens (tertiary/aromatic N) is 1. The molecular weight excluding hydrogens is 164 g/mol. The molecule has 0 N–H and O–H groups in total. The number of hydrogen-bond donors (Lipinski definition) is 0. The van der Waals surface area contributed by atoms with E-state index in [-0.39, 0.29) is 0 Å². The second-order valence-electron chi connectivity index (χ2n) is 0.612. The minimum atomic E-state index is -2.01. The molecule has 0 heterocycles. The van der Waals surface area contributed by atoms with E-state index in [2.05, 4.69) is 4.84 Å². The molecule has 0 aliphatic carbocycles. The summed E-state index contributed by atoms with van der Waals surface area (Å²) >= 11 is 14.5. The van der Waals surface area contributed by atoms with Crippen LogP contribution in [0.15, 0.2) is 5.34 Å². The fourth-order valence-electron chi connectivity index (χ4n) is 0.0423. The quantitative estimate of drug-likeness (QED) is 0.338. The number of rotatable bonds is 1. The van der Waals surface area contributed by atoms with Crippen LogP contribution in [0.2, 0.25) is 0 Å². The minimum Gasteiger partial charge on any atom is -0.306 e. The number of halogens is 3. The molecule has 0 amide bonds. The summed E-state index contributed by atoms with van der Waals surface area (Å²) in [6.45, 7) is 0. The van der Waals surface area contributed by atoms with Crippen LogP contribution in [0.1, 0.15) is 0 Å². The zero-order valence-corrected chi connectivity index (χ0v) is 5.17. The lowest BCUT2D eigenvalue weighted by Gasteiger charge is -2.01. The van der Waals surface area contributed by atoms with Crippen LogP contribution in [0.3, 0.4) is 0 Å². The normalized spacial score (nSPS) is 10.7. The summed E-state index contributed by atoms with van der Waals surface area (Å²) < 4.78 is -2.01. The molecule has 0 saturated carbocycles. The highest BCUT2D eigenvalue weighted by Crippen LogP contribution is 2.26. The van der Waals surface area contributed by atoms with Crippen molar-refractivity contribution in [2.45, 2.75) is 3.98 Å². The van der Waals surface area contributed by atoms with Crippen molar-refractivity contribution in [2.75, 3.05) is 0 Å². The van der Waals surface area contributed by atoms with Gasteiger partial charge in [0.1, 0.15) is 0 Å². The molecule has 0 aliphatic rings. The molecule has 6 heteroatoms. The van der Waals surface area contributed by atoms with Crippen molar-refractivity contribution in [2.24, 2.45) is 5.34 Å². The molecule has 0 fully saturated rings. The maximum atomic E-state index is 9.09. The van der Waals surface area contributed by atoms with Crippen LogP contribution in [0.25, 0.3) is 0 Å². The standard InChI is InChI=1S/CCl3NO2/c2-1(3,4)7-5-6. The Kier molecular flexibility index (Phi) is 2.64. The van der Waals surface area contributed by atoms with Crippen molar-refractivity contribution in [3.05, 3.63) is 4.91 Å². The van der Waals surface area contributed by atoms with Gasteiger partial charge in [-0.15, -0.1) is 4.91 Å². The smallest absolute Gasteiger partial charge is 0.306 e. The van der Waals surface area contributed by atoms with Crippen molar-refractivity contribution < 1.29 is 4.84 Å². The number of alkyl halides is 3. The molecule has 0 saturated heterocycles. The molecule has 0 aliphatic heterocycles. The van der Waals surface area contributed by atoms with E-state index in [1.165, 1.54) is 0 Å². The Labute approximate surface area is 54.4 Å². The van der Waals surface area contributed by atoms with E-state index in [1.807, 2.05) is 5.34 Å². The van der Waals surface area contributed by atoms with Crippen LogP contribution in [-0.2, 0) is 4.84 Å². The molecule has 3 nitrogen and oxygen atoms in total. The monoisotopic (exact) mass is 163 g/mol. The van der Waals surface area contributed by atoms with E-state index in [9.17, 15) is 0 Å². The van der Waals surface area contributed by atoms with Crippen LogP contribution in [-0.4, -0.2) is 3.98 Å². The van der Waals surface area contributed by atoms with Gasteiger partial charge >= 0.3 is 3.98 Å². The SMILES string of the molecule is O=NOC(Cl)(Cl)Cl. The highest BCUT2D eigenvalue weighted by molar-refractivity contribution is 6.66. The fourth-order valence-corrected chi connectivity index (χ4v) is 0.127. The molecule has 7 heavy (non-hydrogen) atoms. The van der Waals surface area contributed by atoms with E-state index < -0.39 is 3.98 Å². The summed E-state index contributed by atoms with van der Waals surface area (Å²) in [5, 5.41) is 1.86. The van der Waals surface area contributed by atoms with Gasteiger partial charge in [-0.2, -0.15) is 0 Å². The van der Waals surface area contributed by atoms with Gasteiger partial charge in [0.25, 0.3) is 0 Å². The van der Waals surface area contributed by atoms with Crippen LogP contribution in [0.4, 0.5) is 0 Å². The summed E-state index contributed by atoms with van der Waals surface area (Å²) in [5.74, 6) is 0. The molecule has 0 atom stereocenters. The Balaban J connectivity index is 3.34. The Morgan fingerprint density at radius 2 is 1.86 bits per heavy atom. The van der Waals surface area contributed by atoms with Gasteiger partial charge in [-0.05, 0) is 34.8 Å². The lowest BCUT2D eigenvalue weighted by molar-refractivity contribution is 0.135. The van der Waals surface area contributed by atoms with Gasteiger partial charge in [0.15, 0.2) is 5.34 Å². The van der Waals surface area contributed by atoms with Crippen molar-refractivity contribution in [3.8, 4) is 0 Å². The lowest BCUT2D eigenvalue weighted by atomic mass is 11.6. The Hall–Kier alpha value is 0.270. The molecule has 0 bridgehead atoms. The van der Waals surface area contributed by atoms with Crippen molar-refractivity contribution in [3.63, 3.8) is 0 Å². The summed E-state index contributed by atoms with van der Waals surface area (Å²) in [5.41, 5.74) is 0. The third kappa shape index (κ3) is 6.27. The van der Waals surface area contributed by atoms with Gasteiger partial charge in [0.2, 0.25) is 0 Å². The minimum absolute atomic E-state index is 1.86. The van der Waals surface area contributed by atoms with Crippen LogP contribution in [0.5, 0.6) is 0 Å². The molecule has 0 aromatic carbocycles. The largest absolute Gasteiger partial charge is 0.364 e. The fraction of sp³-hybridized carbons (Fsp3) is 1.00. The van der Waals surface area contributed by atoms with Crippen LogP contribution >= 0.6 is 34.8 Å². The molecule has 42 valence electrons. The number of hydrogen-bond acceptors (Lipinski definition) is 3. The second kappa shape index (κ2) is 2.55. The highest BCUT2D eigenvalue weighted by atomic mass is 35.6. The first-order chi connectivity index (χ1) is 3.06. The molecule has 0 aromatic heterocycles. The molecular formula is CCl3NO2. The van der Waals surface area contributed by atoms with Crippen LogP contribution < -0.4 is 0 Å². The summed E-state index contributed by atoms with van der Waals surface area (Å²) in [7, 11) is 0. The highest BCUT2D eigenvalue weighted by Gasteiger charge is 2.21. The molecule has 0 rings (SSSR count). The summed E-state index contributed by atoms with van der Waals surface area (Å²) in [4.78, 5) is 12.7. The molecule has 0 radical (unpaired) electrons. The Morgan fingerprint density at radius 1 is 1.43 bits per heavy atom. The average Bonchev–Trinajstić information content (AvgIpc) is 1.30. The van der Waals surface area contributed by atoms with Gasteiger partial charge in [-0.3, -0.25) is 0 Å². The van der Waals surface area contributed by atoms with Crippen molar-refractivity contribution in [1.29, 1.82) is 0 Å². The zero-order chi connectivity index (χ0) is 5.91. The third-order valence-corrected chi connectivity index (χ3v) is 0.348. The first kappa shape index (κ1) is 7.27. The first-order valence-corrected chi connectivity index (χ1v) is 2.27. The van der Waals surface area contributed by atoms with Gasteiger partial charge < -0.3 is 4.84 Å². The van der Waals surface area contributed by atoms with E-state index in [4.69, 9.17) is 39.7 Å². The van der Waals surface area contributed by atoms with E-state index in [0.29, 0.717) is 0 Å². The van der Waals surface area contributed by atoms with Crippen molar-refractivity contribution >= 4 is 34.8 Å². The Bertz CT molecular complexity index is 67.8. The first-order valence-electron chi connectivity index (χ1n) is 1.14. The lowest BCUT2D eigenvalue weighted by Crippen LogP contribution is -2.01. The van der Waals surface area contributed by atoms with Gasteiger partial charge in [-0.1, -0.05) is 0 Å². The summed E-state index contributed by atoms with van der Waals surface area (Å²) in [6, 6.07) is 0. The van der Waals surface area contributed by atoms with E-state index >= 15 is 0 Å². The molecule has 0 aromatic rings. The van der Waals surface area contributed by atoms with E-state index in [1.54, 1.807) is 0 Å². The topological polar surface area (TPSA) is 38.7 Å². The van der Waals surface area contributed by atoms with Crippen LogP contribution in [0, 0.1) is 4.91 Å². The molecule has 0 unspecified atom stereocenters. The predicted molar refractivity (Wildman–Crippen MR) is 27.2 cm³/mol.